The van der Waals surface area contributed by atoms with Gasteiger partial charge in [0.15, 0.2) is 0 Å². The molecule has 1 rings (SSSR count). The Bertz CT molecular complexity index is 172. The SMILES string of the molecule is [CH2]Cc1nnc(O)o1. The number of hydrogen-bond acceptors (Lipinski definition) is 4. The van der Waals surface area contributed by atoms with Gasteiger partial charge in [0.05, 0.1) is 0 Å². The van der Waals surface area contributed by atoms with Crippen LogP contribution in [0, 0.1) is 6.92 Å². The van der Waals surface area contributed by atoms with Crippen molar-refractivity contribution >= 4 is 0 Å². The molecule has 0 aliphatic rings. The minimum atomic E-state index is -0.399. The fraction of sp³-hybridized carbons (Fsp3) is 0.250. The van der Waals surface area contributed by atoms with Crippen LogP contribution in [-0.2, 0) is 6.42 Å². The van der Waals surface area contributed by atoms with Crippen LogP contribution in [-0.4, -0.2) is 15.3 Å². The van der Waals surface area contributed by atoms with Crippen LogP contribution < -0.4 is 0 Å². The Balaban J connectivity index is 2.84. The average Bonchev–Trinajstić information content (AvgIpc) is 2.14. The second-order valence-corrected chi connectivity index (χ2v) is 1.23. The van der Waals surface area contributed by atoms with E-state index in [0.29, 0.717) is 12.3 Å². The second-order valence-electron chi connectivity index (χ2n) is 1.23. The third-order valence-electron chi connectivity index (χ3n) is 0.670. The first-order valence-corrected chi connectivity index (χ1v) is 2.13. The predicted molar refractivity (Wildman–Crippen MR) is 25.0 cm³/mol. The van der Waals surface area contributed by atoms with E-state index in [1.807, 2.05) is 0 Å². The molecule has 0 saturated heterocycles. The largest absolute Gasteiger partial charge is 0.465 e. The molecule has 43 valence electrons. The third-order valence-corrected chi connectivity index (χ3v) is 0.670. The molecule has 0 aromatic carbocycles. The van der Waals surface area contributed by atoms with Gasteiger partial charge in [-0.25, -0.2) is 0 Å². The van der Waals surface area contributed by atoms with Crippen molar-refractivity contribution in [3.8, 4) is 6.08 Å². The molecule has 1 heterocycles. The van der Waals surface area contributed by atoms with Crippen LogP contribution in [0.2, 0.25) is 0 Å². The molecule has 4 nitrogen and oxygen atoms in total. The van der Waals surface area contributed by atoms with Crippen LogP contribution in [0.15, 0.2) is 4.42 Å². The summed E-state index contributed by atoms with van der Waals surface area (Å²) in [4.78, 5) is 0. The summed E-state index contributed by atoms with van der Waals surface area (Å²) in [6.45, 7) is 3.46. The molecule has 0 atom stereocenters. The highest BCUT2D eigenvalue weighted by Crippen LogP contribution is 2.03. The number of rotatable bonds is 1. The molecule has 1 aromatic heterocycles. The standard InChI is InChI=1S/C4H5N2O2/c1-2-3-5-6-4(7)8-3/h1-2H2,(H,6,7). The Labute approximate surface area is 46.2 Å². The zero-order valence-corrected chi connectivity index (χ0v) is 4.16. The molecule has 0 aliphatic heterocycles. The van der Waals surface area contributed by atoms with E-state index in [2.05, 4.69) is 21.5 Å². The number of hydrogen-bond donors (Lipinski definition) is 1. The molecule has 0 unspecified atom stereocenters. The lowest BCUT2D eigenvalue weighted by atomic mass is 10.5. The monoisotopic (exact) mass is 113 g/mol. The number of nitrogens with zero attached hydrogens (tertiary/aromatic N) is 2. The fourth-order valence-corrected chi connectivity index (χ4v) is 0.346. The van der Waals surface area contributed by atoms with E-state index in [1.54, 1.807) is 0 Å². The minimum absolute atomic E-state index is 0.350. The van der Waals surface area contributed by atoms with Crippen molar-refractivity contribution in [3.63, 3.8) is 0 Å². The van der Waals surface area contributed by atoms with Crippen LogP contribution in [0.5, 0.6) is 6.08 Å². The molecule has 1 N–H and O–H groups in total. The molecule has 0 saturated carbocycles. The van der Waals surface area contributed by atoms with Gasteiger partial charge in [-0.15, -0.1) is 5.10 Å². The maximum atomic E-state index is 8.42. The van der Waals surface area contributed by atoms with Crippen LogP contribution in [0.4, 0.5) is 0 Å². The van der Waals surface area contributed by atoms with E-state index in [1.165, 1.54) is 0 Å². The minimum Gasteiger partial charge on any atom is -0.465 e. The summed E-state index contributed by atoms with van der Waals surface area (Å²) in [5.41, 5.74) is 0. The first-order valence-electron chi connectivity index (χ1n) is 2.13. The van der Waals surface area contributed by atoms with Gasteiger partial charge in [0.2, 0.25) is 5.89 Å². The van der Waals surface area contributed by atoms with Crippen LogP contribution in [0.25, 0.3) is 0 Å². The maximum Gasteiger partial charge on any atom is 0.412 e. The Morgan fingerprint density at radius 2 is 2.38 bits per heavy atom. The zero-order valence-electron chi connectivity index (χ0n) is 4.16. The van der Waals surface area contributed by atoms with E-state index in [9.17, 15) is 0 Å². The van der Waals surface area contributed by atoms with Gasteiger partial charge in [0, 0.05) is 6.42 Å². The van der Waals surface area contributed by atoms with Gasteiger partial charge in [-0.2, -0.15) is 0 Å². The highest BCUT2D eigenvalue weighted by Gasteiger charge is 1.97. The summed E-state index contributed by atoms with van der Waals surface area (Å²) in [5.74, 6) is 0.350. The first kappa shape index (κ1) is 5.08. The fourth-order valence-electron chi connectivity index (χ4n) is 0.346. The van der Waals surface area contributed by atoms with E-state index in [4.69, 9.17) is 5.11 Å². The molecular formula is C4H5N2O2. The van der Waals surface area contributed by atoms with Gasteiger partial charge in [-0.3, -0.25) is 0 Å². The van der Waals surface area contributed by atoms with Crippen molar-refractivity contribution in [2.45, 2.75) is 6.42 Å². The summed E-state index contributed by atoms with van der Waals surface area (Å²) in [6, 6.07) is 0. The summed E-state index contributed by atoms with van der Waals surface area (Å²) in [6.07, 6.45) is 0.0109. The molecule has 1 aromatic rings. The summed E-state index contributed by atoms with van der Waals surface area (Å²) >= 11 is 0. The van der Waals surface area contributed by atoms with E-state index in [-0.39, 0.29) is 0 Å². The van der Waals surface area contributed by atoms with E-state index in [0.717, 1.165) is 0 Å². The summed E-state index contributed by atoms with van der Waals surface area (Å²) in [5, 5.41) is 15.0. The smallest absolute Gasteiger partial charge is 0.412 e. The molecule has 4 heteroatoms. The molecule has 0 amide bonds. The van der Waals surface area contributed by atoms with Gasteiger partial charge < -0.3 is 9.52 Å². The lowest BCUT2D eigenvalue weighted by Crippen LogP contribution is -1.76. The van der Waals surface area contributed by atoms with Gasteiger partial charge in [0.25, 0.3) is 0 Å². The summed E-state index contributed by atoms with van der Waals surface area (Å²) in [7, 11) is 0. The van der Waals surface area contributed by atoms with Gasteiger partial charge >= 0.3 is 6.08 Å². The lowest BCUT2D eigenvalue weighted by Gasteiger charge is -1.76. The van der Waals surface area contributed by atoms with Crippen LogP contribution in [0.1, 0.15) is 5.89 Å². The van der Waals surface area contributed by atoms with E-state index >= 15 is 0 Å². The van der Waals surface area contributed by atoms with Gasteiger partial charge in [0.1, 0.15) is 0 Å². The highest BCUT2D eigenvalue weighted by molar-refractivity contribution is 4.83. The Morgan fingerprint density at radius 3 is 2.62 bits per heavy atom. The third kappa shape index (κ3) is 0.776. The maximum absolute atomic E-state index is 8.42. The molecule has 8 heavy (non-hydrogen) atoms. The number of aromatic nitrogens is 2. The zero-order chi connectivity index (χ0) is 5.98. The van der Waals surface area contributed by atoms with Gasteiger partial charge in [-0.05, 0) is 6.92 Å². The average molecular weight is 113 g/mol. The molecule has 0 spiro atoms. The summed E-state index contributed by atoms with van der Waals surface area (Å²) < 4.78 is 4.50. The van der Waals surface area contributed by atoms with E-state index < -0.39 is 6.08 Å². The Hall–Kier alpha value is -1.06. The van der Waals surface area contributed by atoms with Crippen molar-refractivity contribution in [2.24, 2.45) is 0 Å². The number of aromatic hydroxyl groups is 1. The topological polar surface area (TPSA) is 59.2 Å². The van der Waals surface area contributed by atoms with Crippen LogP contribution >= 0.6 is 0 Å². The lowest BCUT2D eigenvalue weighted by molar-refractivity contribution is 0.306. The molecule has 0 aliphatic carbocycles. The Kier molecular flexibility index (Phi) is 1.15. The van der Waals surface area contributed by atoms with Crippen LogP contribution in [0.3, 0.4) is 0 Å². The first-order chi connectivity index (χ1) is 3.83. The predicted octanol–water partition coefficient (Wildman–Crippen LogP) is 0.152. The Morgan fingerprint density at radius 1 is 1.62 bits per heavy atom. The molecule has 1 radical (unpaired) electrons. The molecular weight excluding hydrogens is 108 g/mol. The van der Waals surface area contributed by atoms with Crippen molar-refractivity contribution in [3.05, 3.63) is 12.8 Å². The van der Waals surface area contributed by atoms with Crippen molar-refractivity contribution in [2.75, 3.05) is 0 Å². The van der Waals surface area contributed by atoms with Crippen molar-refractivity contribution in [1.82, 2.24) is 10.2 Å². The quantitative estimate of drug-likeness (QED) is 0.563. The molecule has 0 bridgehead atoms. The van der Waals surface area contributed by atoms with Gasteiger partial charge in [-0.1, -0.05) is 5.10 Å². The second kappa shape index (κ2) is 1.81. The van der Waals surface area contributed by atoms with Crippen molar-refractivity contribution in [1.29, 1.82) is 0 Å². The molecule has 0 fully saturated rings. The van der Waals surface area contributed by atoms with Crippen molar-refractivity contribution < 1.29 is 9.52 Å². The normalized spacial score (nSPS) is 9.62. The highest BCUT2D eigenvalue weighted by atomic mass is 16.5.